The highest BCUT2D eigenvalue weighted by molar-refractivity contribution is 9.10. The third-order valence-corrected chi connectivity index (χ3v) is 4.09. The van der Waals surface area contributed by atoms with Gasteiger partial charge in [0.1, 0.15) is 5.69 Å². The summed E-state index contributed by atoms with van der Waals surface area (Å²) < 4.78 is 5.08. The molecule has 0 aliphatic rings. The van der Waals surface area contributed by atoms with Gasteiger partial charge in [0.15, 0.2) is 5.16 Å². The van der Waals surface area contributed by atoms with E-state index >= 15 is 0 Å². The van der Waals surface area contributed by atoms with Gasteiger partial charge in [0.25, 0.3) is 5.91 Å². The number of hydrogen-bond acceptors (Lipinski definition) is 6. The van der Waals surface area contributed by atoms with Crippen molar-refractivity contribution in [1.29, 1.82) is 0 Å². The first kappa shape index (κ1) is 17.9. The standard InChI is InChI=1S/C13H18BrN3O3S/c1-3-7-21-13-16-8-9(14)11(17-13)12(19)15-6-4-5-10(18)20-2/h8H,3-7H2,1-2H3,(H,15,19). The van der Waals surface area contributed by atoms with E-state index in [0.29, 0.717) is 28.3 Å². The first-order valence-electron chi connectivity index (χ1n) is 6.58. The van der Waals surface area contributed by atoms with E-state index in [2.05, 4.69) is 42.9 Å². The Morgan fingerprint density at radius 1 is 1.48 bits per heavy atom. The molecule has 0 saturated carbocycles. The second-order valence-electron chi connectivity index (χ2n) is 4.13. The fraction of sp³-hybridized carbons (Fsp3) is 0.538. The monoisotopic (exact) mass is 375 g/mol. The molecule has 1 heterocycles. The molecule has 0 aliphatic heterocycles. The molecule has 1 N–H and O–H groups in total. The fourth-order valence-corrected chi connectivity index (χ4v) is 2.43. The number of nitrogens with one attached hydrogen (secondary N) is 1. The molecule has 1 amide bonds. The molecule has 116 valence electrons. The molecule has 1 aromatic rings. The summed E-state index contributed by atoms with van der Waals surface area (Å²) in [7, 11) is 1.34. The first-order valence-corrected chi connectivity index (χ1v) is 8.36. The Morgan fingerprint density at radius 2 is 2.24 bits per heavy atom. The summed E-state index contributed by atoms with van der Waals surface area (Å²) in [5, 5.41) is 3.31. The minimum absolute atomic E-state index is 0.277. The summed E-state index contributed by atoms with van der Waals surface area (Å²) >= 11 is 4.79. The van der Waals surface area contributed by atoms with Crippen LogP contribution < -0.4 is 5.32 Å². The second-order valence-corrected chi connectivity index (χ2v) is 6.05. The molecule has 0 radical (unpaired) electrons. The Labute approximate surface area is 136 Å². The smallest absolute Gasteiger partial charge is 0.305 e. The highest BCUT2D eigenvalue weighted by Crippen LogP contribution is 2.19. The van der Waals surface area contributed by atoms with Gasteiger partial charge < -0.3 is 10.1 Å². The zero-order valence-corrected chi connectivity index (χ0v) is 14.4. The molecule has 0 atom stereocenters. The molecule has 6 nitrogen and oxygen atoms in total. The summed E-state index contributed by atoms with van der Waals surface area (Å²) in [5.74, 6) is 0.333. The lowest BCUT2D eigenvalue weighted by Gasteiger charge is -2.07. The average molecular weight is 376 g/mol. The number of carbonyl (C=O) groups excluding carboxylic acids is 2. The summed E-state index contributed by atoms with van der Waals surface area (Å²) in [6.07, 6.45) is 3.39. The highest BCUT2D eigenvalue weighted by Gasteiger charge is 2.13. The molecule has 21 heavy (non-hydrogen) atoms. The minimum Gasteiger partial charge on any atom is -0.469 e. The fourth-order valence-electron chi connectivity index (χ4n) is 1.39. The van der Waals surface area contributed by atoms with Gasteiger partial charge in [0.2, 0.25) is 0 Å². The van der Waals surface area contributed by atoms with Crippen LogP contribution in [0.2, 0.25) is 0 Å². The SMILES string of the molecule is CCCSc1ncc(Br)c(C(=O)NCCCC(=O)OC)n1. The average Bonchev–Trinajstić information content (AvgIpc) is 2.50. The molecule has 1 aromatic heterocycles. The van der Waals surface area contributed by atoms with Crippen molar-refractivity contribution in [3.05, 3.63) is 16.4 Å². The van der Waals surface area contributed by atoms with E-state index in [4.69, 9.17) is 0 Å². The summed E-state index contributed by atoms with van der Waals surface area (Å²) in [6, 6.07) is 0. The Kier molecular flexibility index (Phi) is 8.29. The van der Waals surface area contributed by atoms with Crippen molar-refractivity contribution in [3.8, 4) is 0 Å². The Balaban J connectivity index is 2.54. The van der Waals surface area contributed by atoms with Crippen molar-refractivity contribution in [1.82, 2.24) is 15.3 Å². The first-order chi connectivity index (χ1) is 10.1. The van der Waals surface area contributed by atoms with E-state index in [-0.39, 0.29) is 18.3 Å². The number of methoxy groups -OCH3 is 1. The van der Waals surface area contributed by atoms with E-state index in [1.807, 2.05) is 0 Å². The van der Waals surface area contributed by atoms with Crippen molar-refractivity contribution >= 4 is 39.6 Å². The number of amides is 1. The molecule has 0 fully saturated rings. The van der Waals surface area contributed by atoms with Crippen LogP contribution in [0, 0.1) is 0 Å². The van der Waals surface area contributed by atoms with Crippen LogP contribution in [0.3, 0.4) is 0 Å². The zero-order valence-electron chi connectivity index (χ0n) is 12.0. The van der Waals surface area contributed by atoms with Crippen LogP contribution in [-0.4, -0.2) is 41.3 Å². The Morgan fingerprint density at radius 3 is 2.90 bits per heavy atom. The second kappa shape index (κ2) is 9.73. The van der Waals surface area contributed by atoms with Gasteiger partial charge in [-0.15, -0.1) is 0 Å². The molecular weight excluding hydrogens is 358 g/mol. The van der Waals surface area contributed by atoms with Gasteiger partial charge >= 0.3 is 5.97 Å². The number of thioether (sulfide) groups is 1. The van der Waals surface area contributed by atoms with E-state index in [9.17, 15) is 9.59 Å². The Bertz CT molecular complexity index is 500. The van der Waals surface area contributed by atoms with E-state index < -0.39 is 0 Å². The maximum atomic E-state index is 12.0. The number of nitrogens with zero attached hydrogens (tertiary/aromatic N) is 2. The maximum absolute atomic E-state index is 12.0. The molecule has 1 rings (SSSR count). The topological polar surface area (TPSA) is 81.2 Å². The molecule has 0 unspecified atom stereocenters. The lowest BCUT2D eigenvalue weighted by atomic mass is 10.3. The van der Waals surface area contributed by atoms with Gasteiger partial charge in [-0.2, -0.15) is 0 Å². The minimum atomic E-state index is -0.286. The van der Waals surface area contributed by atoms with Crippen LogP contribution in [0.25, 0.3) is 0 Å². The largest absolute Gasteiger partial charge is 0.469 e. The molecule has 0 bridgehead atoms. The van der Waals surface area contributed by atoms with Crippen LogP contribution in [0.5, 0.6) is 0 Å². The van der Waals surface area contributed by atoms with Crippen LogP contribution in [0.1, 0.15) is 36.7 Å². The number of hydrogen-bond donors (Lipinski definition) is 1. The van der Waals surface area contributed by atoms with Gasteiger partial charge in [-0.05, 0) is 28.8 Å². The van der Waals surface area contributed by atoms with Crippen molar-refractivity contribution in [2.45, 2.75) is 31.3 Å². The number of ether oxygens (including phenoxy) is 1. The lowest BCUT2D eigenvalue weighted by Crippen LogP contribution is -2.26. The Hall–Kier alpha value is -1.15. The van der Waals surface area contributed by atoms with Crippen LogP contribution in [0.4, 0.5) is 0 Å². The van der Waals surface area contributed by atoms with Gasteiger partial charge in [0.05, 0.1) is 11.6 Å². The number of rotatable bonds is 8. The van der Waals surface area contributed by atoms with E-state index in [0.717, 1.165) is 12.2 Å². The molecular formula is C13H18BrN3O3S. The van der Waals surface area contributed by atoms with Crippen molar-refractivity contribution in [2.24, 2.45) is 0 Å². The number of halogens is 1. The number of carbonyl (C=O) groups is 2. The maximum Gasteiger partial charge on any atom is 0.305 e. The molecule has 8 heteroatoms. The molecule has 0 aliphatic carbocycles. The normalized spacial score (nSPS) is 10.2. The van der Waals surface area contributed by atoms with Crippen LogP contribution >= 0.6 is 27.7 Å². The summed E-state index contributed by atoms with van der Waals surface area (Å²) in [6.45, 7) is 2.46. The van der Waals surface area contributed by atoms with E-state index in [1.165, 1.54) is 18.9 Å². The van der Waals surface area contributed by atoms with Gasteiger partial charge in [-0.25, -0.2) is 9.97 Å². The van der Waals surface area contributed by atoms with Crippen LogP contribution in [-0.2, 0) is 9.53 Å². The molecule has 0 aromatic carbocycles. The summed E-state index contributed by atoms with van der Waals surface area (Å²) in [4.78, 5) is 31.4. The zero-order chi connectivity index (χ0) is 15.7. The van der Waals surface area contributed by atoms with Gasteiger partial charge in [-0.3, -0.25) is 9.59 Å². The molecule has 0 spiro atoms. The summed E-state index contributed by atoms with van der Waals surface area (Å²) in [5.41, 5.74) is 0.307. The lowest BCUT2D eigenvalue weighted by molar-refractivity contribution is -0.140. The quantitative estimate of drug-likeness (QED) is 0.325. The molecule has 0 saturated heterocycles. The van der Waals surface area contributed by atoms with Crippen molar-refractivity contribution < 1.29 is 14.3 Å². The third kappa shape index (κ3) is 6.43. The third-order valence-electron chi connectivity index (χ3n) is 2.44. The van der Waals surface area contributed by atoms with Crippen molar-refractivity contribution in [3.63, 3.8) is 0 Å². The highest BCUT2D eigenvalue weighted by atomic mass is 79.9. The van der Waals surface area contributed by atoms with E-state index in [1.54, 1.807) is 6.20 Å². The predicted octanol–water partition coefficient (Wildman–Crippen LogP) is 2.42. The number of aromatic nitrogens is 2. The van der Waals surface area contributed by atoms with Crippen LogP contribution in [0.15, 0.2) is 15.8 Å². The van der Waals surface area contributed by atoms with Gasteiger partial charge in [0, 0.05) is 24.9 Å². The predicted molar refractivity (Wildman–Crippen MR) is 84.3 cm³/mol. The van der Waals surface area contributed by atoms with Crippen molar-refractivity contribution in [2.75, 3.05) is 19.4 Å². The van der Waals surface area contributed by atoms with Gasteiger partial charge in [-0.1, -0.05) is 18.7 Å². The number of esters is 1.